The van der Waals surface area contributed by atoms with Gasteiger partial charge in [0.15, 0.2) is 0 Å². The fraction of sp³-hybridized carbons (Fsp3) is 0.423. The summed E-state index contributed by atoms with van der Waals surface area (Å²) in [6.45, 7) is 0.750. The molecule has 0 saturated heterocycles. The van der Waals surface area contributed by atoms with Crippen LogP contribution in [0.4, 0.5) is 4.79 Å². The summed E-state index contributed by atoms with van der Waals surface area (Å²) in [5.74, 6) is -0.962. The number of unbranched alkanes of at least 4 members (excludes halogenated alkanes) is 1. The minimum Gasteiger partial charge on any atom is -0.481 e. The Balaban J connectivity index is 1.22. The number of ether oxygens (including phenoxy) is 1. The van der Waals surface area contributed by atoms with Crippen molar-refractivity contribution in [3.8, 4) is 11.1 Å². The highest BCUT2D eigenvalue weighted by Crippen LogP contribution is 2.44. The summed E-state index contributed by atoms with van der Waals surface area (Å²) in [7, 11) is 0. The molecule has 1 saturated carbocycles. The molecule has 174 valence electrons. The first-order valence-electron chi connectivity index (χ1n) is 11.6. The van der Waals surface area contributed by atoms with E-state index in [0.717, 1.165) is 12.8 Å². The van der Waals surface area contributed by atoms with Crippen LogP contribution in [-0.4, -0.2) is 42.3 Å². The third-order valence-electron chi connectivity index (χ3n) is 6.59. The maximum Gasteiger partial charge on any atom is 0.407 e. The summed E-state index contributed by atoms with van der Waals surface area (Å²) in [6.07, 6.45) is 2.91. The second-order valence-corrected chi connectivity index (χ2v) is 8.82. The minimum absolute atomic E-state index is 0.0198. The molecule has 2 aromatic rings. The second kappa shape index (κ2) is 10.5. The van der Waals surface area contributed by atoms with Crippen molar-refractivity contribution in [3.05, 3.63) is 59.7 Å². The Morgan fingerprint density at radius 3 is 2.27 bits per heavy atom. The van der Waals surface area contributed by atoms with Crippen LogP contribution in [0.3, 0.4) is 0 Å². The van der Waals surface area contributed by atoms with Crippen LogP contribution >= 0.6 is 0 Å². The molecule has 1 fully saturated rings. The van der Waals surface area contributed by atoms with Gasteiger partial charge in [0.05, 0.1) is 0 Å². The largest absolute Gasteiger partial charge is 0.481 e. The molecule has 2 aliphatic rings. The number of hydrogen-bond donors (Lipinski definition) is 3. The molecule has 7 nitrogen and oxygen atoms in total. The number of hydrogen-bond acceptors (Lipinski definition) is 4. The maximum atomic E-state index is 12.5. The normalized spacial score (nSPS) is 18.9. The van der Waals surface area contributed by atoms with Gasteiger partial charge in [-0.3, -0.25) is 9.59 Å². The van der Waals surface area contributed by atoms with E-state index in [2.05, 4.69) is 34.9 Å². The molecule has 0 aliphatic heterocycles. The molecule has 2 atom stereocenters. The van der Waals surface area contributed by atoms with Crippen LogP contribution in [0.2, 0.25) is 0 Å². The fourth-order valence-electron chi connectivity index (χ4n) is 4.91. The average Bonchev–Trinajstić information content (AvgIpc) is 3.40. The van der Waals surface area contributed by atoms with E-state index in [0.29, 0.717) is 25.8 Å². The number of carboxylic acid groups (broad SMARTS) is 1. The number of carbonyl (C=O) groups excluding carboxylic acids is 2. The smallest absolute Gasteiger partial charge is 0.407 e. The van der Waals surface area contributed by atoms with Crippen molar-refractivity contribution < 1.29 is 24.2 Å². The summed E-state index contributed by atoms with van der Waals surface area (Å²) < 4.78 is 5.61. The van der Waals surface area contributed by atoms with E-state index in [1.54, 1.807) is 0 Å². The van der Waals surface area contributed by atoms with Crippen molar-refractivity contribution in [2.24, 2.45) is 5.92 Å². The molecule has 0 spiro atoms. The Hall–Kier alpha value is -3.35. The highest BCUT2D eigenvalue weighted by Gasteiger charge is 2.32. The Morgan fingerprint density at radius 2 is 1.61 bits per heavy atom. The van der Waals surface area contributed by atoms with Crippen LogP contribution in [0, 0.1) is 5.92 Å². The zero-order valence-electron chi connectivity index (χ0n) is 18.6. The van der Waals surface area contributed by atoms with Crippen molar-refractivity contribution in [1.82, 2.24) is 10.6 Å². The van der Waals surface area contributed by atoms with Gasteiger partial charge in [0.2, 0.25) is 5.91 Å². The predicted octanol–water partition coefficient (Wildman–Crippen LogP) is 4.06. The van der Waals surface area contributed by atoms with Crippen molar-refractivity contribution in [3.63, 3.8) is 0 Å². The van der Waals surface area contributed by atoms with Gasteiger partial charge < -0.3 is 20.5 Å². The lowest BCUT2D eigenvalue weighted by molar-refractivity contribution is -0.137. The lowest BCUT2D eigenvalue weighted by Crippen LogP contribution is -2.36. The summed E-state index contributed by atoms with van der Waals surface area (Å²) in [5, 5.41) is 14.4. The molecular weight excluding hydrogens is 420 g/mol. The van der Waals surface area contributed by atoms with Crippen LogP contribution in [0.25, 0.3) is 11.1 Å². The molecule has 0 bridgehead atoms. The Labute approximate surface area is 193 Å². The Bertz CT molecular complexity index is 976. The van der Waals surface area contributed by atoms with E-state index in [1.165, 1.54) is 22.3 Å². The number of rotatable bonds is 9. The quantitative estimate of drug-likeness (QED) is 0.500. The van der Waals surface area contributed by atoms with E-state index < -0.39 is 12.1 Å². The Morgan fingerprint density at radius 1 is 0.939 bits per heavy atom. The van der Waals surface area contributed by atoms with E-state index in [1.807, 2.05) is 24.3 Å². The highest BCUT2D eigenvalue weighted by molar-refractivity contribution is 5.80. The average molecular weight is 451 g/mol. The SMILES string of the molecule is O=C(O)CCCCNC(=O)[C@@H]1CC[C@H](NC(=O)OCC2c3ccccc3-c3ccccc32)C1. The Kier molecular flexibility index (Phi) is 7.27. The summed E-state index contributed by atoms with van der Waals surface area (Å²) in [4.78, 5) is 35.3. The minimum atomic E-state index is -0.820. The molecule has 0 radical (unpaired) electrons. The van der Waals surface area contributed by atoms with Gasteiger partial charge in [-0.2, -0.15) is 0 Å². The van der Waals surface area contributed by atoms with E-state index >= 15 is 0 Å². The van der Waals surface area contributed by atoms with Gasteiger partial charge in [-0.15, -0.1) is 0 Å². The lowest BCUT2D eigenvalue weighted by atomic mass is 9.98. The topological polar surface area (TPSA) is 105 Å². The molecule has 2 amide bonds. The van der Waals surface area contributed by atoms with Crippen molar-refractivity contribution in [2.45, 2.75) is 50.5 Å². The first-order valence-corrected chi connectivity index (χ1v) is 11.6. The molecule has 3 N–H and O–H groups in total. The molecular formula is C26H30N2O5. The number of aliphatic carboxylic acids is 1. The first kappa shape index (κ1) is 22.8. The van der Waals surface area contributed by atoms with Gasteiger partial charge in [0.1, 0.15) is 6.61 Å². The molecule has 4 rings (SSSR count). The van der Waals surface area contributed by atoms with Crippen LogP contribution in [-0.2, 0) is 14.3 Å². The molecule has 2 aromatic carbocycles. The number of alkyl carbamates (subject to hydrolysis) is 1. The van der Waals surface area contributed by atoms with E-state index in [-0.39, 0.29) is 36.8 Å². The third-order valence-corrected chi connectivity index (χ3v) is 6.59. The number of fused-ring (bicyclic) bond motifs is 3. The van der Waals surface area contributed by atoms with Gasteiger partial charge in [-0.05, 0) is 54.4 Å². The second-order valence-electron chi connectivity index (χ2n) is 8.82. The van der Waals surface area contributed by atoms with E-state index in [4.69, 9.17) is 9.84 Å². The molecule has 0 unspecified atom stereocenters. The molecule has 7 heteroatoms. The van der Waals surface area contributed by atoms with Crippen LogP contribution in [0.1, 0.15) is 55.6 Å². The highest BCUT2D eigenvalue weighted by atomic mass is 16.5. The molecule has 0 aromatic heterocycles. The zero-order chi connectivity index (χ0) is 23.2. The van der Waals surface area contributed by atoms with Crippen molar-refractivity contribution >= 4 is 18.0 Å². The summed E-state index contributed by atoms with van der Waals surface area (Å²) in [6, 6.07) is 16.4. The third kappa shape index (κ3) is 5.53. The van der Waals surface area contributed by atoms with Gasteiger partial charge in [-0.25, -0.2) is 4.79 Å². The van der Waals surface area contributed by atoms with Gasteiger partial charge in [0.25, 0.3) is 0 Å². The number of amides is 2. The molecule has 2 aliphatic carbocycles. The summed E-state index contributed by atoms with van der Waals surface area (Å²) >= 11 is 0. The fourth-order valence-corrected chi connectivity index (χ4v) is 4.91. The van der Waals surface area contributed by atoms with Crippen LogP contribution in [0.15, 0.2) is 48.5 Å². The maximum absolute atomic E-state index is 12.5. The molecule has 33 heavy (non-hydrogen) atoms. The lowest BCUT2D eigenvalue weighted by Gasteiger charge is -2.17. The van der Waals surface area contributed by atoms with Gasteiger partial charge >= 0.3 is 12.1 Å². The monoisotopic (exact) mass is 450 g/mol. The van der Waals surface area contributed by atoms with Crippen LogP contribution < -0.4 is 10.6 Å². The van der Waals surface area contributed by atoms with Crippen LogP contribution in [0.5, 0.6) is 0 Å². The van der Waals surface area contributed by atoms with Crippen molar-refractivity contribution in [2.75, 3.05) is 13.2 Å². The van der Waals surface area contributed by atoms with Gasteiger partial charge in [-0.1, -0.05) is 48.5 Å². The molecule has 0 heterocycles. The number of nitrogens with one attached hydrogen (secondary N) is 2. The number of benzene rings is 2. The summed E-state index contributed by atoms with van der Waals surface area (Å²) in [5.41, 5.74) is 4.73. The van der Waals surface area contributed by atoms with Crippen molar-refractivity contribution in [1.29, 1.82) is 0 Å². The first-order chi connectivity index (χ1) is 16.0. The van der Waals surface area contributed by atoms with Gasteiger partial charge in [0, 0.05) is 30.8 Å². The van der Waals surface area contributed by atoms with E-state index in [9.17, 15) is 14.4 Å². The number of carboxylic acids is 1. The number of carbonyl (C=O) groups is 3. The zero-order valence-corrected chi connectivity index (χ0v) is 18.6. The standard InChI is InChI=1S/C26H30N2O5/c29-24(30)11-5-6-14-27-25(31)17-12-13-18(15-17)28-26(32)33-16-23-21-9-3-1-7-19(21)20-8-2-4-10-22(20)23/h1-4,7-10,17-18,23H,5-6,11-16H2,(H,27,31)(H,28,32)(H,29,30)/t17-,18+/m1/s1. The predicted molar refractivity (Wildman–Crippen MR) is 124 cm³/mol.